The van der Waals surface area contributed by atoms with Crippen LogP contribution in [0.25, 0.3) is 10.8 Å². The predicted molar refractivity (Wildman–Crippen MR) is 151 cm³/mol. The number of carbonyl (C=O) groups is 2. The molecule has 2 heterocycles. The van der Waals surface area contributed by atoms with E-state index in [1.54, 1.807) is 0 Å². The third-order valence-corrected chi connectivity index (χ3v) is 10.7. The summed E-state index contributed by atoms with van der Waals surface area (Å²) in [7, 11) is 0. The molecule has 0 fully saturated rings. The zero-order valence-electron chi connectivity index (χ0n) is 20.3. The molecule has 0 saturated heterocycles. The fourth-order valence-corrected chi connectivity index (χ4v) is 8.76. The van der Waals surface area contributed by atoms with E-state index in [-0.39, 0.29) is 17.1 Å². The standard InChI is InChI=1S/C33H20N2O2Te/c36-31-25-17-20-6-1-2-7-21(20)18-26(25)32(37)27(31)14-19-12-22-15-24(16-23(22)13-19)35-28-8-3-4-10-30(28)38-33-29(35)9-5-11-34-33/h1-12,14,16-18H,13,15H2. The monoisotopic (exact) mass is 606 g/mol. The number of pyridine rings is 1. The Morgan fingerprint density at radius 1 is 0.763 bits per heavy atom. The number of carbonyl (C=O) groups excluding carboxylic acids is 2. The number of hydrogen-bond donors (Lipinski definition) is 0. The van der Waals surface area contributed by atoms with E-state index in [0.29, 0.717) is 11.1 Å². The number of fused-ring (bicyclic) bond motifs is 4. The molecule has 0 saturated carbocycles. The Morgan fingerprint density at radius 3 is 2.21 bits per heavy atom. The molecule has 0 unspecified atom stereocenters. The van der Waals surface area contributed by atoms with E-state index in [1.807, 2.05) is 54.7 Å². The van der Waals surface area contributed by atoms with Gasteiger partial charge in [-0.05, 0) is 22.9 Å². The Bertz CT molecular complexity index is 1790. The van der Waals surface area contributed by atoms with Crippen molar-refractivity contribution in [2.24, 2.45) is 0 Å². The molecule has 5 heteroatoms. The van der Waals surface area contributed by atoms with Crippen LogP contribution < -0.4 is 12.3 Å². The van der Waals surface area contributed by atoms with Crippen LogP contribution in [0.3, 0.4) is 0 Å². The summed E-state index contributed by atoms with van der Waals surface area (Å²) in [4.78, 5) is 33.6. The maximum absolute atomic E-state index is 13.2. The van der Waals surface area contributed by atoms with Crippen molar-refractivity contribution in [1.29, 1.82) is 0 Å². The van der Waals surface area contributed by atoms with Gasteiger partial charge >= 0.3 is 183 Å². The number of hydrogen-bond acceptors (Lipinski definition) is 4. The van der Waals surface area contributed by atoms with Crippen molar-refractivity contribution in [3.05, 3.63) is 136 Å². The number of anilines is 2. The molecule has 0 N–H and O–H groups in total. The van der Waals surface area contributed by atoms with Gasteiger partial charge in [0.2, 0.25) is 0 Å². The second kappa shape index (κ2) is 8.23. The first kappa shape index (κ1) is 22.0. The smallest absolute Gasteiger partial charge is 0.0616 e. The van der Waals surface area contributed by atoms with Crippen LogP contribution in [0.4, 0.5) is 11.4 Å². The molecule has 4 aliphatic rings. The Kier molecular flexibility index (Phi) is 4.76. The Labute approximate surface area is 229 Å². The van der Waals surface area contributed by atoms with Crippen LogP contribution in [0, 0.1) is 0 Å². The van der Waals surface area contributed by atoms with Gasteiger partial charge in [-0.25, -0.2) is 0 Å². The van der Waals surface area contributed by atoms with E-state index < -0.39 is 20.9 Å². The molecule has 0 amide bonds. The van der Waals surface area contributed by atoms with Gasteiger partial charge in [0.05, 0.1) is 0 Å². The van der Waals surface area contributed by atoms with Crippen LogP contribution >= 0.6 is 0 Å². The number of para-hydroxylation sites is 1. The maximum atomic E-state index is 13.2. The Balaban J connectivity index is 1.09. The quantitative estimate of drug-likeness (QED) is 0.178. The number of benzene rings is 3. The van der Waals surface area contributed by atoms with Crippen LogP contribution in [0.2, 0.25) is 0 Å². The molecule has 0 atom stereocenters. The van der Waals surface area contributed by atoms with E-state index >= 15 is 0 Å². The third-order valence-electron chi connectivity index (χ3n) is 7.67. The van der Waals surface area contributed by atoms with Crippen molar-refractivity contribution in [1.82, 2.24) is 4.98 Å². The van der Waals surface area contributed by atoms with E-state index in [4.69, 9.17) is 4.98 Å². The average Bonchev–Trinajstić information content (AvgIpc) is 3.58. The molecule has 0 bridgehead atoms. The summed E-state index contributed by atoms with van der Waals surface area (Å²) < 4.78 is 2.62. The van der Waals surface area contributed by atoms with Crippen molar-refractivity contribution >= 4 is 62.0 Å². The first-order valence-corrected chi connectivity index (χ1v) is 15.0. The average molecular weight is 604 g/mol. The molecular weight excluding hydrogens is 584 g/mol. The second-order valence-electron chi connectivity index (χ2n) is 9.95. The fourth-order valence-electron chi connectivity index (χ4n) is 5.92. The number of nitrogens with zero attached hydrogens (tertiary/aromatic N) is 2. The molecule has 1 aliphatic heterocycles. The van der Waals surface area contributed by atoms with E-state index in [9.17, 15) is 9.59 Å². The summed E-state index contributed by atoms with van der Waals surface area (Å²) >= 11 is -0.521. The summed E-state index contributed by atoms with van der Waals surface area (Å²) in [6, 6.07) is 24.4. The molecular formula is C33H20N2O2Te. The molecule has 1 aromatic heterocycles. The van der Waals surface area contributed by atoms with Gasteiger partial charge in [0.25, 0.3) is 0 Å². The molecule has 180 valence electrons. The van der Waals surface area contributed by atoms with Gasteiger partial charge in [-0.2, -0.15) is 0 Å². The van der Waals surface area contributed by atoms with Gasteiger partial charge < -0.3 is 0 Å². The Morgan fingerprint density at radius 2 is 1.45 bits per heavy atom. The first-order chi connectivity index (χ1) is 18.6. The number of rotatable bonds is 2. The molecule has 0 spiro atoms. The third kappa shape index (κ3) is 3.26. The number of aromatic nitrogens is 1. The van der Waals surface area contributed by atoms with E-state index in [0.717, 1.165) is 29.2 Å². The van der Waals surface area contributed by atoms with E-state index in [1.165, 1.54) is 35.6 Å². The molecule has 3 aliphatic carbocycles. The van der Waals surface area contributed by atoms with Gasteiger partial charge in [-0.3, -0.25) is 0 Å². The molecule has 3 aromatic carbocycles. The van der Waals surface area contributed by atoms with E-state index in [2.05, 4.69) is 47.4 Å². The molecule has 8 rings (SSSR count). The number of ketones is 2. The first-order valence-electron chi connectivity index (χ1n) is 12.6. The van der Waals surface area contributed by atoms with Crippen LogP contribution in [0.1, 0.15) is 33.6 Å². The van der Waals surface area contributed by atoms with Gasteiger partial charge in [-0.1, -0.05) is 24.3 Å². The van der Waals surface area contributed by atoms with Crippen LogP contribution in [-0.2, 0) is 0 Å². The molecule has 38 heavy (non-hydrogen) atoms. The van der Waals surface area contributed by atoms with Crippen molar-refractivity contribution in [2.75, 3.05) is 4.90 Å². The summed E-state index contributed by atoms with van der Waals surface area (Å²) in [6.07, 6.45) is 9.72. The fraction of sp³-hybridized carbons (Fsp3) is 0.0606. The van der Waals surface area contributed by atoms with Crippen molar-refractivity contribution in [2.45, 2.75) is 12.8 Å². The predicted octanol–water partition coefficient (Wildman–Crippen LogP) is 5.26. The summed E-state index contributed by atoms with van der Waals surface area (Å²) in [5.41, 5.74) is 8.56. The van der Waals surface area contributed by atoms with Gasteiger partial charge in [0.1, 0.15) is 0 Å². The molecule has 4 aromatic rings. The zero-order valence-corrected chi connectivity index (χ0v) is 22.6. The number of allylic oxidation sites excluding steroid dienone is 7. The minimum atomic E-state index is -0.521. The minimum Gasteiger partial charge on any atom is -0.0616 e. The number of Topliss-reactive ketones (excluding diaryl/α,β-unsaturated/α-hetero) is 2. The van der Waals surface area contributed by atoms with Gasteiger partial charge in [0, 0.05) is 0 Å². The van der Waals surface area contributed by atoms with Crippen LogP contribution in [0.15, 0.2) is 125 Å². The van der Waals surface area contributed by atoms with Crippen molar-refractivity contribution in [3.63, 3.8) is 0 Å². The molecule has 4 nitrogen and oxygen atoms in total. The molecule has 0 radical (unpaired) electrons. The normalized spacial score (nSPS) is 17.4. The summed E-state index contributed by atoms with van der Waals surface area (Å²) in [5, 5.41) is 1.95. The van der Waals surface area contributed by atoms with Crippen LogP contribution in [-0.4, -0.2) is 37.5 Å². The zero-order chi connectivity index (χ0) is 25.4. The Hall–Kier alpha value is -4.04. The van der Waals surface area contributed by atoms with Gasteiger partial charge in [-0.15, -0.1) is 0 Å². The van der Waals surface area contributed by atoms with Crippen molar-refractivity contribution in [3.8, 4) is 0 Å². The summed E-state index contributed by atoms with van der Waals surface area (Å²) in [6.45, 7) is 0. The second-order valence-corrected chi connectivity index (χ2v) is 12.9. The topological polar surface area (TPSA) is 50.3 Å². The van der Waals surface area contributed by atoms with Crippen LogP contribution in [0.5, 0.6) is 0 Å². The minimum absolute atomic E-state index is 0.169. The van der Waals surface area contributed by atoms with Gasteiger partial charge in [0.15, 0.2) is 0 Å². The summed E-state index contributed by atoms with van der Waals surface area (Å²) in [5.74, 6) is -0.337. The van der Waals surface area contributed by atoms with Crippen molar-refractivity contribution < 1.29 is 9.59 Å². The SMILES string of the molecule is O=C1C(=CC2=CC3=C(C=C(N4c5ccccc5[Te]c5ncccc54)C3)C2)C(=O)c2cc3ccccc3cc21.